The van der Waals surface area contributed by atoms with Crippen molar-refractivity contribution in [3.63, 3.8) is 0 Å². The lowest BCUT2D eigenvalue weighted by molar-refractivity contribution is 0.171. The lowest BCUT2D eigenvalue weighted by atomic mass is 10.3. The summed E-state index contributed by atoms with van der Waals surface area (Å²) in [6.07, 6.45) is 5.14. The van der Waals surface area contributed by atoms with Gasteiger partial charge in [0.05, 0.1) is 6.61 Å². The maximum Gasteiger partial charge on any atom is 0.115 e. The molecule has 0 aliphatic rings. The zero-order valence-corrected chi connectivity index (χ0v) is 8.03. The third-order valence-corrected chi connectivity index (χ3v) is 1.69. The van der Waals surface area contributed by atoms with Crippen LogP contribution in [0.1, 0.15) is 12.5 Å². The first-order chi connectivity index (χ1) is 6.33. The Morgan fingerprint density at radius 2 is 2.15 bits per heavy atom. The molecule has 1 atom stereocenters. The first kappa shape index (κ1) is 10.1. The smallest absolute Gasteiger partial charge is 0.115 e. The van der Waals surface area contributed by atoms with E-state index >= 15 is 0 Å². The van der Waals surface area contributed by atoms with E-state index in [9.17, 15) is 0 Å². The van der Waals surface area contributed by atoms with Crippen molar-refractivity contribution in [2.45, 2.75) is 19.5 Å². The normalized spacial score (nSPS) is 12.8. The fourth-order valence-corrected chi connectivity index (χ4v) is 1.02. The number of ether oxygens (including phenoxy) is 1. The molecule has 1 heterocycles. The standard InChI is InChI=1S/C9H15N3O/c1-8(6-13-2)12-5-9-3-10-7-11-4-9/h3-4,7-8,12H,5-6H2,1-2H3/t8-/m0/s1. The minimum Gasteiger partial charge on any atom is -0.383 e. The average Bonchev–Trinajstić information content (AvgIpc) is 2.17. The van der Waals surface area contributed by atoms with E-state index in [1.807, 2.05) is 0 Å². The molecule has 0 spiro atoms. The summed E-state index contributed by atoms with van der Waals surface area (Å²) in [5.74, 6) is 0. The molecule has 0 aliphatic heterocycles. The van der Waals surface area contributed by atoms with Crippen molar-refractivity contribution in [3.8, 4) is 0 Å². The van der Waals surface area contributed by atoms with Crippen LogP contribution in [0.15, 0.2) is 18.7 Å². The molecule has 0 saturated carbocycles. The third kappa shape index (κ3) is 3.96. The van der Waals surface area contributed by atoms with Crippen LogP contribution in [0.2, 0.25) is 0 Å². The number of nitrogens with one attached hydrogen (secondary N) is 1. The van der Waals surface area contributed by atoms with Crippen molar-refractivity contribution >= 4 is 0 Å². The number of nitrogens with zero attached hydrogens (tertiary/aromatic N) is 2. The molecule has 0 radical (unpaired) electrons. The maximum absolute atomic E-state index is 5.00. The van der Waals surface area contributed by atoms with Gasteiger partial charge >= 0.3 is 0 Å². The quantitative estimate of drug-likeness (QED) is 0.722. The molecule has 72 valence electrons. The highest BCUT2D eigenvalue weighted by Crippen LogP contribution is 1.93. The number of hydrogen-bond donors (Lipinski definition) is 1. The van der Waals surface area contributed by atoms with Gasteiger partial charge in [-0.1, -0.05) is 0 Å². The Labute approximate surface area is 78.4 Å². The van der Waals surface area contributed by atoms with Crippen LogP contribution in [0.3, 0.4) is 0 Å². The molecule has 4 heteroatoms. The summed E-state index contributed by atoms with van der Waals surface area (Å²) in [6, 6.07) is 0.352. The molecular formula is C9H15N3O. The molecule has 1 rings (SSSR count). The van der Waals surface area contributed by atoms with Gasteiger partial charge in [0.1, 0.15) is 6.33 Å². The van der Waals surface area contributed by atoms with Crippen LogP contribution >= 0.6 is 0 Å². The minimum atomic E-state index is 0.352. The fourth-order valence-electron chi connectivity index (χ4n) is 1.02. The summed E-state index contributed by atoms with van der Waals surface area (Å²) in [6.45, 7) is 3.58. The van der Waals surface area contributed by atoms with Gasteiger partial charge in [0.15, 0.2) is 0 Å². The van der Waals surface area contributed by atoms with Crippen LogP contribution in [0.25, 0.3) is 0 Å². The molecule has 1 aromatic heterocycles. The molecule has 0 saturated heterocycles. The lowest BCUT2D eigenvalue weighted by Gasteiger charge is -2.11. The SMILES string of the molecule is COC[C@H](C)NCc1cncnc1. The Kier molecular flexibility index (Phi) is 4.35. The first-order valence-electron chi connectivity index (χ1n) is 4.29. The average molecular weight is 181 g/mol. The molecule has 0 unspecified atom stereocenters. The van der Waals surface area contributed by atoms with Gasteiger partial charge in [-0.25, -0.2) is 9.97 Å². The summed E-state index contributed by atoms with van der Waals surface area (Å²) >= 11 is 0. The number of hydrogen-bond acceptors (Lipinski definition) is 4. The zero-order valence-electron chi connectivity index (χ0n) is 8.03. The molecule has 0 bridgehead atoms. The predicted molar refractivity (Wildman–Crippen MR) is 50.2 cm³/mol. The van der Waals surface area contributed by atoms with Crippen molar-refractivity contribution in [1.29, 1.82) is 0 Å². The van der Waals surface area contributed by atoms with Crippen LogP contribution in [0.4, 0.5) is 0 Å². The Morgan fingerprint density at radius 3 is 2.77 bits per heavy atom. The Bertz CT molecular complexity index is 228. The Balaban J connectivity index is 2.27. The van der Waals surface area contributed by atoms with Crippen molar-refractivity contribution in [2.24, 2.45) is 0 Å². The van der Waals surface area contributed by atoms with E-state index in [4.69, 9.17) is 4.74 Å². The molecule has 0 aliphatic carbocycles. The van der Waals surface area contributed by atoms with Crippen LogP contribution in [0.5, 0.6) is 0 Å². The van der Waals surface area contributed by atoms with Gasteiger partial charge in [0.2, 0.25) is 0 Å². The summed E-state index contributed by atoms with van der Waals surface area (Å²) in [4.78, 5) is 7.85. The van der Waals surface area contributed by atoms with Gasteiger partial charge in [-0.3, -0.25) is 0 Å². The number of methoxy groups -OCH3 is 1. The second kappa shape index (κ2) is 5.61. The Hall–Kier alpha value is -1.00. The summed E-state index contributed by atoms with van der Waals surface area (Å²) in [5.41, 5.74) is 1.09. The molecule has 0 amide bonds. The lowest BCUT2D eigenvalue weighted by Crippen LogP contribution is -2.29. The van der Waals surface area contributed by atoms with Gasteiger partial charge in [0, 0.05) is 37.7 Å². The molecule has 1 N–H and O–H groups in total. The highest BCUT2D eigenvalue weighted by Gasteiger charge is 1.99. The highest BCUT2D eigenvalue weighted by molar-refractivity contribution is 5.01. The van der Waals surface area contributed by atoms with E-state index in [-0.39, 0.29) is 0 Å². The second-order valence-electron chi connectivity index (χ2n) is 2.98. The predicted octanol–water partition coefficient (Wildman–Crippen LogP) is 0.601. The fraction of sp³-hybridized carbons (Fsp3) is 0.556. The van der Waals surface area contributed by atoms with Crippen LogP contribution < -0.4 is 5.32 Å². The van der Waals surface area contributed by atoms with E-state index in [0.29, 0.717) is 12.6 Å². The van der Waals surface area contributed by atoms with E-state index in [0.717, 1.165) is 12.1 Å². The first-order valence-corrected chi connectivity index (χ1v) is 4.29. The second-order valence-corrected chi connectivity index (χ2v) is 2.98. The summed E-state index contributed by atoms with van der Waals surface area (Å²) < 4.78 is 5.00. The van der Waals surface area contributed by atoms with Crippen LogP contribution in [-0.2, 0) is 11.3 Å². The zero-order chi connectivity index (χ0) is 9.52. The topological polar surface area (TPSA) is 47.0 Å². The van der Waals surface area contributed by atoms with Crippen molar-refractivity contribution in [2.75, 3.05) is 13.7 Å². The highest BCUT2D eigenvalue weighted by atomic mass is 16.5. The molecular weight excluding hydrogens is 166 g/mol. The number of rotatable bonds is 5. The van der Waals surface area contributed by atoms with E-state index < -0.39 is 0 Å². The van der Waals surface area contributed by atoms with E-state index in [2.05, 4.69) is 22.2 Å². The van der Waals surface area contributed by atoms with Crippen LogP contribution in [0, 0.1) is 0 Å². The molecule has 0 fully saturated rings. The van der Waals surface area contributed by atoms with Gasteiger partial charge in [0.25, 0.3) is 0 Å². The minimum absolute atomic E-state index is 0.352. The van der Waals surface area contributed by atoms with Gasteiger partial charge in [-0.2, -0.15) is 0 Å². The van der Waals surface area contributed by atoms with Gasteiger partial charge < -0.3 is 10.1 Å². The van der Waals surface area contributed by atoms with Crippen molar-refractivity contribution in [3.05, 3.63) is 24.3 Å². The van der Waals surface area contributed by atoms with E-state index in [1.54, 1.807) is 19.5 Å². The maximum atomic E-state index is 5.00. The molecule has 4 nitrogen and oxygen atoms in total. The van der Waals surface area contributed by atoms with Crippen molar-refractivity contribution in [1.82, 2.24) is 15.3 Å². The molecule has 0 aromatic carbocycles. The van der Waals surface area contributed by atoms with Crippen molar-refractivity contribution < 1.29 is 4.74 Å². The largest absolute Gasteiger partial charge is 0.383 e. The summed E-state index contributed by atoms with van der Waals surface area (Å²) in [5, 5.41) is 3.29. The molecule has 13 heavy (non-hydrogen) atoms. The van der Waals surface area contributed by atoms with Gasteiger partial charge in [-0.05, 0) is 6.92 Å². The molecule has 1 aromatic rings. The monoisotopic (exact) mass is 181 g/mol. The van der Waals surface area contributed by atoms with Crippen LogP contribution in [-0.4, -0.2) is 29.7 Å². The Morgan fingerprint density at radius 1 is 1.46 bits per heavy atom. The summed E-state index contributed by atoms with van der Waals surface area (Å²) in [7, 11) is 1.70. The van der Waals surface area contributed by atoms with Gasteiger partial charge in [-0.15, -0.1) is 0 Å². The number of aromatic nitrogens is 2. The third-order valence-electron chi connectivity index (χ3n) is 1.69. The van der Waals surface area contributed by atoms with E-state index in [1.165, 1.54) is 6.33 Å².